The van der Waals surface area contributed by atoms with E-state index in [0.29, 0.717) is 42.3 Å². The van der Waals surface area contributed by atoms with Crippen LogP contribution in [-0.4, -0.2) is 64.0 Å². The molecule has 1 aromatic heterocycles. The minimum Gasteiger partial charge on any atom is -0.497 e. The molecule has 0 N–H and O–H groups in total. The molecule has 12 heteroatoms. The van der Waals surface area contributed by atoms with Gasteiger partial charge in [-0.15, -0.1) is 0 Å². The van der Waals surface area contributed by atoms with Gasteiger partial charge in [0, 0.05) is 24.6 Å². The lowest BCUT2D eigenvalue weighted by Crippen LogP contribution is -2.46. The van der Waals surface area contributed by atoms with Gasteiger partial charge in [0.05, 0.1) is 55.7 Å². The van der Waals surface area contributed by atoms with E-state index in [1.807, 2.05) is 30.3 Å². The van der Waals surface area contributed by atoms with Gasteiger partial charge < -0.3 is 19.1 Å². The van der Waals surface area contributed by atoms with Gasteiger partial charge in [-0.05, 0) is 69.0 Å². The number of imide groups is 1. The lowest BCUT2D eigenvalue weighted by atomic mass is 9.89. The quantitative estimate of drug-likeness (QED) is 0.199. The lowest BCUT2D eigenvalue weighted by Gasteiger charge is -2.32. The third kappa shape index (κ3) is 7.01. The first-order valence-electron chi connectivity index (χ1n) is 16.3. The maximum atomic E-state index is 15.0. The number of hydrogen-bond acceptors (Lipinski definition) is 8. The summed E-state index contributed by atoms with van der Waals surface area (Å²) in [6, 6.07) is 16.1. The Morgan fingerprint density at radius 2 is 1.66 bits per heavy atom. The van der Waals surface area contributed by atoms with Crippen molar-refractivity contribution in [1.29, 1.82) is 0 Å². The van der Waals surface area contributed by atoms with Crippen LogP contribution < -0.4 is 9.47 Å². The molecule has 2 aliphatic heterocycles. The van der Waals surface area contributed by atoms with Gasteiger partial charge in [0.2, 0.25) is 5.91 Å². The van der Waals surface area contributed by atoms with Crippen LogP contribution in [0, 0.1) is 11.6 Å². The van der Waals surface area contributed by atoms with Crippen LogP contribution in [0.1, 0.15) is 78.0 Å². The third-order valence-electron chi connectivity index (χ3n) is 8.75. The topological polar surface area (TPSA) is 111 Å². The Morgan fingerprint density at radius 1 is 0.940 bits per heavy atom. The number of aromatic nitrogens is 2. The number of carbonyl (C=O) groups is 3. The van der Waals surface area contributed by atoms with E-state index in [9.17, 15) is 23.2 Å². The molecule has 0 aliphatic carbocycles. The highest BCUT2D eigenvalue weighted by atomic mass is 19.1. The summed E-state index contributed by atoms with van der Waals surface area (Å²) in [5.41, 5.74) is 2.08. The minimum atomic E-state index is -0.818. The molecule has 0 radical (unpaired) electrons. The highest BCUT2D eigenvalue weighted by Crippen LogP contribution is 2.34. The monoisotopic (exact) mass is 684 g/mol. The SMILES string of the molecule is COc1ccc(CN2Cc3nc(-c4c(F)cccc4F)nc(Cc4ccc(C5CCCN(C(=O)OC(C)(C)C)C5=O)cc4)c3C2=O)c(OC)c1. The van der Waals surface area contributed by atoms with E-state index >= 15 is 0 Å². The zero-order chi connectivity index (χ0) is 35.7. The highest BCUT2D eigenvalue weighted by molar-refractivity contribution is 5.99. The Hall–Kier alpha value is -5.39. The molecule has 3 heterocycles. The summed E-state index contributed by atoms with van der Waals surface area (Å²) < 4.78 is 46.2. The molecular weight excluding hydrogens is 646 g/mol. The van der Waals surface area contributed by atoms with E-state index in [2.05, 4.69) is 9.97 Å². The maximum absolute atomic E-state index is 15.0. The van der Waals surface area contributed by atoms with Gasteiger partial charge in [0.15, 0.2) is 5.82 Å². The molecular formula is C38H38F2N4O6. The average molecular weight is 685 g/mol. The van der Waals surface area contributed by atoms with E-state index in [0.717, 1.165) is 28.8 Å². The predicted octanol–water partition coefficient (Wildman–Crippen LogP) is 6.83. The van der Waals surface area contributed by atoms with Crippen molar-refractivity contribution >= 4 is 17.9 Å². The van der Waals surface area contributed by atoms with Crippen LogP contribution in [0.3, 0.4) is 0 Å². The molecule has 2 aliphatic rings. The first-order valence-corrected chi connectivity index (χ1v) is 16.3. The number of benzene rings is 3. The van der Waals surface area contributed by atoms with Crippen LogP contribution in [0.4, 0.5) is 13.6 Å². The lowest BCUT2D eigenvalue weighted by molar-refractivity contribution is -0.134. The number of amides is 3. The second kappa shape index (κ2) is 13.9. The zero-order valence-corrected chi connectivity index (χ0v) is 28.6. The fraction of sp³-hybridized carbons (Fsp3) is 0.342. The molecule has 4 aromatic rings. The fourth-order valence-corrected chi connectivity index (χ4v) is 6.34. The number of hydrogen-bond donors (Lipinski definition) is 0. The maximum Gasteiger partial charge on any atom is 0.417 e. The summed E-state index contributed by atoms with van der Waals surface area (Å²) in [6.07, 6.45) is 0.716. The summed E-state index contributed by atoms with van der Waals surface area (Å²) >= 11 is 0. The number of likely N-dealkylation sites (tertiary alicyclic amines) is 1. The Bertz CT molecular complexity index is 1940. The van der Waals surface area contributed by atoms with Crippen LogP contribution in [0.15, 0.2) is 60.7 Å². The first kappa shape index (κ1) is 34.5. The van der Waals surface area contributed by atoms with Crippen LogP contribution in [0.2, 0.25) is 0 Å². The van der Waals surface area contributed by atoms with Gasteiger partial charge in [-0.2, -0.15) is 0 Å². The number of nitrogens with zero attached hydrogens (tertiary/aromatic N) is 4. The fourth-order valence-electron chi connectivity index (χ4n) is 6.34. The van der Waals surface area contributed by atoms with Crippen LogP contribution in [0.25, 0.3) is 11.4 Å². The van der Waals surface area contributed by atoms with Gasteiger partial charge in [-0.25, -0.2) is 28.4 Å². The number of methoxy groups -OCH3 is 2. The van der Waals surface area contributed by atoms with Crippen molar-refractivity contribution in [3.05, 3.63) is 106 Å². The molecule has 1 atom stereocenters. The van der Waals surface area contributed by atoms with Crippen molar-refractivity contribution in [3.63, 3.8) is 0 Å². The van der Waals surface area contributed by atoms with E-state index in [4.69, 9.17) is 14.2 Å². The summed E-state index contributed by atoms with van der Waals surface area (Å²) in [6.45, 7) is 5.83. The highest BCUT2D eigenvalue weighted by Gasteiger charge is 2.37. The number of ether oxygens (including phenoxy) is 3. The molecule has 10 nitrogen and oxygen atoms in total. The molecule has 260 valence electrons. The van der Waals surface area contributed by atoms with E-state index < -0.39 is 29.2 Å². The summed E-state index contributed by atoms with van der Waals surface area (Å²) in [5.74, 6) is -1.80. The summed E-state index contributed by atoms with van der Waals surface area (Å²) in [7, 11) is 3.08. The molecule has 3 aromatic carbocycles. The molecule has 50 heavy (non-hydrogen) atoms. The van der Waals surface area contributed by atoms with Crippen LogP contribution in [-0.2, 0) is 29.0 Å². The normalized spacial score (nSPS) is 16.0. The van der Waals surface area contributed by atoms with E-state index in [1.165, 1.54) is 18.1 Å². The Labute approximate surface area is 289 Å². The number of carbonyl (C=O) groups excluding carboxylic acids is 3. The third-order valence-corrected chi connectivity index (χ3v) is 8.75. The predicted molar refractivity (Wildman–Crippen MR) is 180 cm³/mol. The Kier molecular flexibility index (Phi) is 9.55. The molecule has 0 bridgehead atoms. The average Bonchev–Trinajstić information content (AvgIpc) is 3.39. The van der Waals surface area contributed by atoms with Gasteiger partial charge in [-0.1, -0.05) is 30.3 Å². The molecule has 0 spiro atoms. The summed E-state index contributed by atoms with van der Waals surface area (Å²) in [5, 5.41) is 0. The molecule has 6 rings (SSSR count). The number of halogens is 2. The largest absolute Gasteiger partial charge is 0.497 e. The van der Waals surface area contributed by atoms with Crippen molar-refractivity contribution in [1.82, 2.24) is 19.8 Å². The second-order valence-corrected chi connectivity index (χ2v) is 13.3. The minimum absolute atomic E-state index is 0.0961. The summed E-state index contributed by atoms with van der Waals surface area (Å²) in [4.78, 5) is 51.8. The molecule has 0 saturated carbocycles. The molecule has 1 fully saturated rings. The first-order chi connectivity index (χ1) is 23.9. The van der Waals surface area contributed by atoms with Crippen molar-refractivity contribution < 1.29 is 37.4 Å². The standard InChI is InChI=1S/C38H38F2N4O6/c1-38(2,3)50-37(47)44-17-7-8-26(35(44)45)23-13-11-22(12-14-23)18-29-33-30(42-34(41-29)32-27(39)9-6-10-28(32)40)21-43(36(33)46)20-24-15-16-25(48-4)19-31(24)49-5/h6,9-16,19,26H,7-8,17-18,20-21H2,1-5H3. The van der Waals surface area contributed by atoms with Crippen LogP contribution >= 0.6 is 0 Å². The number of fused-ring (bicyclic) bond motifs is 1. The van der Waals surface area contributed by atoms with E-state index in [-0.39, 0.29) is 48.3 Å². The molecule has 1 unspecified atom stereocenters. The van der Waals surface area contributed by atoms with Gasteiger partial charge >= 0.3 is 6.09 Å². The van der Waals surface area contributed by atoms with Crippen molar-refractivity contribution in [2.45, 2.75) is 64.6 Å². The smallest absolute Gasteiger partial charge is 0.417 e. The Morgan fingerprint density at radius 3 is 2.32 bits per heavy atom. The van der Waals surface area contributed by atoms with Gasteiger partial charge in [0.25, 0.3) is 5.91 Å². The van der Waals surface area contributed by atoms with Crippen LogP contribution in [0.5, 0.6) is 11.5 Å². The Balaban J connectivity index is 1.30. The molecule has 1 saturated heterocycles. The van der Waals surface area contributed by atoms with Gasteiger partial charge in [-0.3, -0.25) is 9.59 Å². The molecule has 3 amide bonds. The second-order valence-electron chi connectivity index (χ2n) is 13.3. The van der Waals surface area contributed by atoms with E-state index in [1.54, 1.807) is 44.9 Å². The van der Waals surface area contributed by atoms with Crippen molar-refractivity contribution in [2.75, 3.05) is 20.8 Å². The number of piperidine rings is 1. The number of rotatable bonds is 8. The van der Waals surface area contributed by atoms with Crippen molar-refractivity contribution in [3.8, 4) is 22.9 Å². The van der Waals surface area contributed by atoms with Gasteiger partial charge in [0.1, 0.15) is 28.7 Å². The van der Waals surface area contributed by atoms with Crippen molar-refractivity contribution in [2.24, 2.45) is 0 Å². The zero-order valence-electron chi connectivity index (χ0n) is 28.6.